The van der Waals surface area contributed by atoms with Crippen molar-refractivity contribution in [1.82, 2.24) is 15.1 Å². The highest BCUT2D eigenvalue weighted by Crippen LogP contribution is 2.47. The number of ether oxygens (including phenoxy) is 1. The molecule has 1 aromatic carbocycles. The first-order chi connectivity index (χ1) is 14.2. The third-order valence-corrected chi connectivity index (χ3v) is 7.07. The van der Waals surface area contributed by atoms with Crippen molar-refractivity contribution in [2.45, 2.75) is 57.9 Å². The van der Waals surface area contributed by atoms with Crippen LogP contribution >= 0.6 is 0 Å². The van der Waals surface area contributed by atoms with Gasteiger partial charge in [-0.15, -0.1) is 0 Å². The molecule has 4 aliphatic heterocycles. The van der Waals surface area contributed by atoms with Crippen LogP contribution in [0.4, 0.5) is 0 Å². The maximum absolute atomic E-state index is 11.8. The lowest BCUT2D eigenvalue weighted by molar-refractivity contribution is -0.128. The van der Waals surface area contributed by atoms with E-state index < -0.39 is 0 Å². The average molecular weight is 397 g/mol. The molecule has 0 saturated carbocycles. The minimum atomic E-state index is 0.281. The number of nitrogens with one attached hydrogen (secondary N) is 1. The molecule has 4 aliphatic rings. The number of carbonyl (C=O) groups is 1. The number of hydrogen-bond donors (Lipinski definition) is 1. The minimum absolute atomic E-state index is 0.281. The number of rotatable bonds is 5. The average Bonchev–Trinajstić information content (AvgIpc) is 3.50. The van der Waals surface area contributed by atoms with Gasteiger partial charge in [0, 0.05) is 51.0 Å². The lowest BCUT2D eigenvalue weighted by Gasteiger charge is -2.23. The molecular weight excluding hydrogens is 364 g/mol. The van der Waals surface area contributed by atoms with Crippen molar-refractivity contribution in [3.05, 3.63) is 35.4 Å². The van der Waals surface area contributed by atoms with Crippen LogP contribution in [0.5, 0.6) is 0 Å². The summed E-state index contributed by atoms with van der Waals surface area (Å²) in [4.78, 5) is 21.2. The summed E-state index contributed by atoms with van der Waals surface area (Å²) in [5.41, 5.74) is 2.41. The molecule has 0 aromatic heterocycles. The van der Waals surface area contributed by atoms with Gasteiger partial charge in [-0.25, -0.2) is 4.99 Å². The van der Waals surface area contributed by atoms with Gasteiger partial charge >= 0.3 is 0 Å². The van der Waals surface area contributed by atoms with E-state index in [-0.39, 0.29) is 5.91 Å². The Morgan fingerprint density at radius 2 is 1.83 bits per heavy atom. The van der Waals surface area contributed by atoms with Gasteiger partial charge in [0.05, 0.1) is 18.8 Å². The zero-order valence-corrected chi connectivity index (χ0v) is 17.3. The molecule has 29 heavy (non-hydrogen) atoms. The summed E-state index contributed by atoms with van der Waals surface area (Å²) in [6.45, 7) is 7.46. The quantitative estimate of drug-likeness (QED) is 0.613. The first-order valence-electron chi connectivity index (χ1n) is 11.3. The molecule has 4 atom stereocenters. The second-order valence-corrected chi connectivity index (χ2v) is 8.93. The largest absolute Gasteiger partial charge is 0.374 e. The molecule has 156 valence electrons. The van der Waals surface area contributed by atoms with E-state index in [0.29, 0.717) is 37.0 Å². The van der Waals surface area contributed by atoms with Gasteiger partial charge in [-0.1, -0.05) is 24.3 Å². The van der Waals surface area contributed by atoms with Gasteiger partial charge in [0.15, 0.2) is 5.96 Å². The van der Waals surface area contributed by atoms with E-state index in [1.807, 2.05) is 4.90 Å². The van der Waals surface area contributed by atoms with E-state index in [9.17, 15) is 4.79 Å². The molecule has 0 radical (unpaired) electrons. The Balaban J connectivity index is 1.21. The molecule has 1 N–H and O–H groups in total. The Hall–Kier alpha value is -2.08. The number of benzene rings is 1. The van der Waals surface area contributed by atoms with Crippen molar-refractivity contribution in [1.29, 1.82) is 0 Å². The minimum Gasteiger partial charge on any atom is -0.374 e. The fourth-order valence-electron chi connectivity index (χ4n) is 5.57. The van der Waals surface area contributed by atoms with Crippen LogP contribution in [-0.4, -0.2) is 60.1 Å². The smallest absolute Gasteiger partial charge is 0.222 e. The molecule has 4 saturated heterocycles. The topological polar surface area (TPSA) is 57.2 Å². The second kappa shape index (κ2) is 7.98. The van der Waals surface area contributed by atoms with Gasteiger partial charge in [0.1, 0.15) is 0 Å². The summed E-state index contributed by atoms with van der Waals surface area (Å²) in [7, 11) is 0. The summed E-state index contributed by atoms with van der Waals surface area (Å²) in [6, 6.07) is 8.57. The SMILES string of the molecule is CCNC(=NCc1ccc(CN2CCCC2=O)cc1)N1CC2C3CCC(O3)C2C1. The second-order valence-electron chi connectivity index (χ2n) is 8.93. The molecule has 0 spiro atoms. The van der Waals surface area contributed by atoms with Crippen LogP contribution in [0.3, 0.4) is 0 Å². The van der Waals surface area contributed by atoms with Gasteiger partial charge in [0.25, 0.3) is 0 Å². The van der Waals surface area contributed by atoms with Crippen LogP contribution in [0.2, 0.25) is 0 Å². The maximum Gasteiger partial charge on any atom is 0.222 e. The van der Waals surface area contributed by atoms with Crippen molar-refractivity contribution in [3.63, 3.8) is 0 Å². The molecule has 6 heteroatoms. The van der Waals surface area contributed by atoms with Crippen molar-refractivity contribution < 1.29 is 9.53 Å². The molecule has 6 nitrogen and oxygen atoms in total. The maximum atomic E-state index is 11.8. The fraction of sp³-hybridized carbons (Fsp3) is 0.652. The standard InChI is InChI=1S/C23H32N4O2/c1-2-24-23(27-14-18-19(15-27)21-10-9-20(18)29-21)25-12-16-5-7-17(8-6-16)13-26-11-3-4-22(26)28/h5-8,18-21H,2-4,9-15H2,1H3,(H,24,25). The number of amides is 1. The summed E-state index contributed by atoms with van der Waals surface area (Å²) in [6.07, 6.45) is 5.13. The Kier molecular flexibility index (Phi) is 5.20. The first kappa shape index (κ1) is 18.9. The highest BCUT2D eigenvalue weighted by molar-refractivity contribution is 5.80. The van der Waals surface area contributed by atoms with Crippen molar-refractivity contribution in [2.24, 2.45) is 16.8 Å². The highest BCUT2D eigenvalue weighted by Gasteiger charge is 2.53. The summed E-state index contributed by atoms with van der Waals surface area (Å²) >= 11 is 0. The molecule has 2 bridgehead atoms. The third kappa shape index (κ3) is 3.75. The number of likely N-dealkylation sites (tertiary alicyclic amines) is 2. The van der Waals surface area contributed by atoms with Crippen LogP contribution < -0.4 is 5.32 Å². The first-order valence-corrected chi connectivity index (χ1v) is 11.3. The van der Waals surface area contributed by atoms with E-state index in [1.54, 1.807) is 0 Å². The van der Waals surface area contributed by atoms with Crippen molar-refractivity contribution in [3.8, 4) is 0 Å². The highest BCUT2D eigenvalue weighted by atomic mass is 16.5. The third-order valence-electron chi connectivity index (χ3n) is 7.07. The summed E-state index contributed by atoms with van der Waals surface area (Å²) < 4.78 is 6.11. The predicted octanol–water partition coefficient (Wildman–Crippen LogP) is 2.38. The lowest BCUT2D eigenvalue weighted by Crippen LogP contribution is -2.41. The zero-order chi connectivity index (χ0) is 19.8. The lowest BCUT2D eigenvalue weighted by atomic mass is 9.82. The van der Waals surface area contributed by atoms with Gasteiger partial charge < -0.3 is 19.9 Å². The van der Waals surface area contributed by atoms with Gasteiger partial charge in [-0.2, -0.15) is 0 Å². The van der Waals surface area contributed by atoms with Crippen LogP contribution in [0.15, 0.2) is 29.3 Å². The van der Waals surface area contributed by atoms with E-state index in [0.717, 1.165) is 45.1 Å². The summed E-state index contributed by atoms with van der Waals surface area (Å²) in [5, 5.41) is 3.49. The van der Waals surface area contributed by atoms with Gasteiger partial charge in [-0.3, -0.25) is 4.79 Å². The molecular formula is C23H32N4O2. The van der Waals surface area contributed by atoms with Crippen LogP contribution in [-0.2, 0) is 22.6 Å². The van der Waals surface area contributed by atoms with Gasteiger partial charge in [-0.05, 0) is 37.3 Å². The zero-order valence-electron chi connectivity index (χ0n) is 17.3. The van der Waals surface area contributed by atoms with Crippen LogP contribution in [0, 0.1) is 11.8 Å². The summed E-state index contributed by atoms with van der Waals surface area (Å²) in [5.74, 6) is 2.69. The molecule has 1 aromatic rings. The van der Waals surface area contributed by atoms with E-state index in [4.69, 9.17) is 9.73 Å². The Bertz CT molecular complexity index is 760. The Labute approximate surface area is 173 Å². The van der Waals surface area contributed by atoms with E-state index in [2.05, 4.69) is 41.4 Å². The van der Waals surface area contributed by atoms with E-state index in [1.165, 1.54) is 24.0 Å². The Morgan fingerprint density at radius 1 is 1.14 bits per heavy atom. The number of hydrogen-bond acceptors (Lipinski definition) is 3. The molecule has 0 aliphatic carbocycles. The number of carbonyl (C=O) groups excluding carboxylic acids is 1. The van der Waals surface area contributed by atoms with Crippen molar-refractivity contribution in [2.75, 3.05) is 26.2 Å². The van der Waals surface area contributed by atoms with E-state index >= 15 is 0 Å². The fourth-order valence-corrected chi connectivity index (χ4v) is 5.57. The number of guanidine groups is 1. The number of aliphatic imine (C=N–C) groups is 1. The van der Waals surface area contributed by atoms with Gasteiger partial charge in [0.2, 0.25) is 5.91 Å². The number of nitrogens with zero attached hydrogens (tertiary/aromatic N) is 3. The molecule has 1 amide bonds. The molecule has 4 heterocycles. The predicted molar refractivity (Wildman–Crippen MR) is 112 cm³/mol. The Morgan fingerprint density at radius 3 is 2.45 bits per heavy atom. The van der Waals surface area contributed by atoms with Crippen LogP contribution in [0.25, 0.3) is 0 Å². The normalized spacial score (nSPS) is 31.1. The molecule has 4 unspecified atom stereocenters. The molecule has 5 rings (SSSR count). The monoisotopic (exact) mass is 396 g/mol. The molecule has 4 fully saturated rings. The number of fused-ring (bicyclic) bond motifs is 5. The van der Waals surface area contributed by atoms with Crippen LogP contribution in [0.1, 0.15) is 43.7 Å². The van der Waals surface area contributed by atoms with Crippen molar-refractivity contribution >= 4 is 11.9 Å².